The van der Waals surface area contributed by atoms with Gasteiger partial charge in [-0.05, 0) is 13.8 Å². The summed E-state index contributed by atoms with van der Waals surface area (Å²) in [5.74, 6) is 0.705. The highest BCUT2D eigenvalue weighted by Gasteiger charge is 2.18. The minimum Gasteiger partial charge on any atom is -0.368 e. The Bertz CT molecular complexity index is 801. The molecule has 0 spiro atoms. The van der Waals surface area contributed by atoms with Gasteiger partial charge in [-0.2, -0.15) is 14.8 Å². The van der Waals surface area contributed by atoms with Crippen LogP contribution in [-0.4, -0.2) is 35.1 Å². The highest BCUT2D eigenvalue weighted by atomic mass is 16.1. The van der Waals surface area contributed by atoms with Crippen molar-refractivity contribution < 1.29 is 4.79 Å². The number of pyridine rings is 1. The molecule has 102 valence electrons. The van der Waals surface area contributed by atoms with Crippen LogP contribution in [0.15, 0.2) is 18.7 Å². The number of hydrogen-bond acceptors (Lipinski definition) is 6. The molecule has 0 aliphatic rings. The average molecular weight is 271 g/mol. The summed E-state index contributed by atoms with van der Waals surface area (Å²) < 4.78 is 3.31. The molecule has 8 nitrogen and oxygen atoms in total. The lowest BCUT2D eigenvalue weighted by Crippen LogP contribution is -2.11. The van der Waals surface area contributed by atoms with Crippen LogP contribution in [-0.2, 0) is 6.54 Å². The Balaban J connectivity index is 2.38. The fraction of sp³-hybridized carbons (Fsp3) is 0.250. The summed E-state index contributed by atoms with van der Waals surface area (Å²) in [6, 6.07) is 0. The predicted molar refractivity (Wildman–Crippen MR) is 72.5 cm³/mol. The van der Waals surface area contributed by atoms with Gasteiger partial charge in [0.2, 0.25) is 11.9 Å². The number of nitrogens with two attached hydrogens (primary N) is 1. The van der Waals surface area contributed by atoms with Crippen molar-refractivity contribution in [2.24, 2.45) is 0 Å². The first-order chi connectivity index (χ1) is 9.63. The number of hydrogen-bond donors (Lipinski definition) is 1. The van der Waals surface area contributed by atoms with Crippen molar-refractivity contribution in [2.45, 2.75) is 20.4 Å². The molecule has 0 aromatic carbocycles. The molecule has 3 aromatic heterocycles. The maximum atomic E-state index is 11.7. The van der Waals surface area contributed by atoms with E-state index in [-0.39, 0.29) is 11.7 Å². The first kappa shape index (κ1) is 12.3. The second kappa shape index (κ2) is 4.41. The number of anilines is 1. The van der Waals surface area contributed by atoms with Crippen LogP contribution in [0, 0.1) is 0 Å². The Labute approximate surface area is 114 Å². The SMILES string of the molecule is CCn1c(-n2ncnc2N)nc2cncc(C(C)=O)c21. The van der Waals surface area contributed by atoms with E-state index in [4.69, 9.17) is 5.73 Å². The average Bonchev–Trinajstić information content (AvgIpc) is 3.00. The Morgan fingerprint density at radius 2 is 2.20 bits per heavy atom. The molecule has 0 radical (unpaired) electrons. The highest BCUT2D eigenvalue weighted by molar-refractivity contribution is 6.04. The monoisotopic (exact) mass is 271 g/mol. The van der Waals surface area contributed by atoms with Gasteiger partial charge in [-0.1, -0.05) is 0 Å². The van der Waals surface area contributed by atoms with E-state index in [0.29, 0.717) is 23.6 Å². The number of aromatic nitrogens is 6. The molecular formula is C12H13N7O. The van der Waals surface area contributed by atoms with E-state index >= 15 is 0 Å². The molecule has 3 heterocycles. The third-order valence-corrected chi connectivity index (χ3v) is 3.09. The van der Waals surface area contributed by atoms with Gasteiger partial charge in [-0.15, -0.1) is 0 Å². The molecule has 0 aliphatic carbocycles. The number of ketones is 1. The minimum absolute atomic E-state index is 0.0594. The van der Waals surface area contributed by atoms with Crippen LogP contribution in [0.1, 0.15) is 24.2 Å². The molecule has 0 saturated carbocycles. The zero-order valence-corrected chi connectivity index (χ0v) is 11.1. The van der Waals surface area contributed by atoms with Gasteiger partial charge in [0.05, 0.1) is 17.3 Å². The second-order valence-corrected chi connectivity index (χ2v) is 4.30. The lowest BCUT2D eigenvalue weighted by Gasteiger charge is -2.07. The fourth-order valence-corrected chi connectivity index (χ4v) is 2.20. The number of nitrogens with zero attached hydrogens (tertiary/aromatic N) is 6. The number of aryl methyl sites for hydroxylation is 1. The number of carbonyl (C=O) groups excluding carboxylic acids is 1. The molecule has 0 amide bonds. The van der Waals surface area contributed by atoms with Crippen LogP contribution >= 0.6 is 0 Å². The molecular weight excluding hydrogens is 258 g/mol. The van der Waals surface area contributed by atoms with Gasteiger partial charge >= 0.3 is 0 Å². The number of carbonyl (C=O) groups is 1. The first-order valence-corrected chi connectivity index (χ1v) is 6.14. The smallest absolute Gasteiger partial charge is 0.235 e. The van der Waals surface area contributed by atoms with E-state index in [1.54, 1.807) is 12.4 Å². The summed E-state index contributed by atoms with van der Waals surface area (Å²) in [4.78, 5) is 24.2. The normalized spacial score (nSPS) is 11.1. The number of rotatable bonds is 3. The fourth-order valence-electron chi connectivity index (χ4n) is 2.20. The zero-order chi connectivity index (χ0) is 14.3. The Kier molecular flexibility index (Phi) is 2.70. The summed E-state index contributed by atoms with van der Waals surface area (Å²) >= 11 is 0. The summed E-state index contributed by atoms with van der Waals surface area (Å²) in [7, 11) is 0. The van der Waals surface area contributed by atoms with Crippen LogP contribution < -0.4 is 5.73 Å². The molecule has 0 unspecified atom stereocenters. The molecule has 0 aliphatic heterocycles. The number of nitrogen functional groups attached to an aromatic ring is 1. The van der Waals surface area contributed by atoms with Gasteiger partial charge < -0.3 is 10.3 Å². The van der Waals surface area contributed by atoms with Crippen LogP contribution in [0.5, 0.6) is 0 Å². The zero-order valence-electron chi connectivity index (χ0n) is 11.1. The molecule has 3 aromatic rings. The van der Waals surface area contributed by atoms with E-state index < -0.39 is 0 Å². The lowest BCUT2D eigenvalue weighted by atomic mass is 10.2. The van der Waals surface area contributed by atoms with Gasteiger partial charge in [0, 0.05) is 12.7 Å². The maximum absolute atomic E-state index is 11.7. The van der Waals surface area contributed by atoms with E-state index in [1.165, 1.54) is 17.9 Å². The molecule has 0 bridgehead atoms. The Morgan fingerprint density at radius 1 is 1.40 bits per heavy atom. The highest BCUT2D eigenvalue weighted by Crippen LogP contribution is 2.22. The number of imidazole rings is 1. The lowest BCUT2D eigenvalue weighted by molar-refractivity contribution is 0.101. The first-order valence-electron chi connectivity index (χ1n) is 6.14. The van der Waals surface area contributed by atoms with Gasteiger partial charge in [-0.25, -0.2) is 4.98 Å². The summed E-state index contributed by atoms with van der Waals surface area (Å²) in [5, 5.41) is 4.06. The van der Waals surface area contributed by atoms with E-state index in [0.717, 1.165) is 5.52 Å². The van der Waals surface area contributed by atoms with E-state index in [2.05, 4.69) is 20.1 Å². The van der Waals surface area contributed by atoms with E-state index in [9.17, 15) is 4.79 Å². The van der Waals surface area contributed by atoms with Gasteiger partial charge in [-0.3, -0.25) is 9.78 Å². The Hall–Kier alpha value is -2.77. The molecule has 0 saturated heterocycles. The van der Waals surface area contributed by atoms with Crippen LogP contribution in [0.4, 0.5) is 5.95 Å². The largest absolute Gasteiger partial charge is 0.368 e. The topological polar surface area (TPSA) is 105 Å². The number of fused-ring (bicyclic) bond motifs is 1. The molecule has 3 rings (SSSR count). The summed E-state index contributed by atoms with van der Waals surface area (Å²) in [6.07, 6.45) is 4.52. The summed E-state index contributed by atoms with van der Waals surface area (Å²) in [5.41, 5.74) is 7.66. The second-order valence-electron chi connectivity index (χ2n) is 4.30. The van der Waals surface area contributed by atoms with Crippen molar-refractivity contribution in [2.75, 3.05) is 5.73 Å². The molecule has 20 heavy (non-hydrogen) atoms. The molecule has 0 fully saturated rings. The van der Waals surface area contributed by atoms with Crippen molar-refractivity contribution in [1.82, 2.24) is 29.3 Å². The third kappa shape index (κ3) is 1.65. The predicted octanol–water partition coefficient (Wildman–Crippen LogP) is 0.817. The minimum atomic E-state index is -0.0594. The van der Waals surface area contributed by atoms with Gasteiger partial charge in [0.15, 0.2) is 5.78 Å². The van der Waals surface area contributed by atoms with Crippen molar-refractivity contribution in [3.63, 3.8) is 0 Å². The summed E-state index contributed by atoms with van der Waals surface area (Å²) in [6.45, 7) is 4.09. The van der Waals surface area contributed by atoms with Crippen molar-refractivity contribution >= 4 is 22.8 Å². The van der Waals surface area contributed by atoms with Gasteiger partial charge in [0.25, 0.3) is 0 Å². The van der Waals surface area contributed by atoms with Crippen molar-refractivity contribution in [1.29, 1.82) is 0 Å². The van der Waals surface area contributed by atoms with Crippen LogP contribution in [0.25, 0.3) is 17.0 Å². The standard InChI is InChI=1S/C12H13N7O/c1-3-18-10-8(7(2)20)4-14-5-9(10)17-12(18)19-11(13)15-6-16-19/h4-6H,3H2,1-2H3,(H2,13,15,16). The third-order valence-electron chi connectivity index (χ3n) is 3.09. The molecule has 0 atom stereocenters. The van der Waals surface area contributed by atoms with Crippen LogP contribution in [0.2, 0.25) is 0 Å². The quantitative estimate of drug-likeness (QED) is 0.707. The van der Waals surface area contributed by atoms with Gasteiger partial charge in [0.1, 0.15) is 11.8 Å². The number of Topliss-reactive ketones (excluding diaryl/α,β-unsaturated/α-hetero) is 1. The van der Waals surface area contributed by atoms with Crippen LogP contribution in [0.3, 0.4) is 0 Å². The Morgan fingerprint density at radius 3 is 2.80 bits per heavy atom. The maximum Gasteiger partial charge on any atom is 0.235 e. The van der Waals surface area contributed by atoms with Crippen molar-refractivity contribution in [3.05, 3.63) is 24.3 Å². The van der Waals surface area contributed by atoms with E-state index in [1.807, 2.05) is 11.5 Å². The molecule has 8 heteroatoms. The van der Waals surface area contributed by atoms with Crippen molar-refractivity contribution in [3.8, 4) is 5.95 Å². The molecule has 2 N–H and O–H groups in total.